The first kappa shape index (κ1) is 20.1. The van der Waals surface area contributed by atoms with E-state index in [1.807, 2.05) is 12.4 Å². The number of carbonyl (C=O) groups is 1. The van der Waals surface area contributed by atoms with Gasteiger partial charge in [-0.1, -0.05) is 6.92 Å². The van der Waals surface area contributed by atoms with Gasteiger partial charge in [0.2, 0.25) is 5.95 Å². The number of carboxylic acids is 1. The smallest absolute Gasteiger partial charge is 0.335 e. The van der Waals surface area contributed by atoms with Crippen molar-refractivity contribution in [1.82, 2.24) is 9.97 Å². The van der Waals surface area contributed by atoms with Crippen molar-refractivity contribution in [2.45, 2.75) is 46.0 Å². The summed E-state index contributed by atoms with van der Waals surface area (Å²) in [4.78, 5) is 22.3. The van der Waals surface area contributed by atoms with Crippen molar-refractivity contribution in [3.8, 4) is 5.75 Å². The maximum atomic E-state index is 11.1. The van der Waals surface area contributed by atoms with Gasteiger partial charge in [-0.15, -0.1) is 0 Å². The third-order valence-corrected chi connectivity index (χ3v) is 5.45. The summed E-state index contributed by atoms with van der Waals surface area (Å²) < 4.78 is 5.80. The summed E-state index contributed by atoms with van der Waals surface area (Å²) in [6.45, 7) is 6.58. The number of piperidine rings is 1. The van der Waals surface area contributed by atoms with Crippen LogP contribution < -0.4 is 9.64 Å². The molecular formula is C22H29N3O3. The standard InChI is InChI=1S/C22H29N3O3/c1-3-17-14-23-22(24-15-17)25-10-8-18(9-11-25)5-4-12-28-19-6-7-20(21(26)27)16(2)13-19/h6-7,13-15,18H,3-5,8-12H2,1-2H3,(H,26,27). The van der Waals surface area contributed by atoms with Gasteiger partial charge in [-0.2, -0.15) is 0 Å². The maximum Gasteiger partial charge on any atom is 0.335 e. The number of hydrogen-bond acceptors (Lipinski definition) is 5. The zero-order chi connectivity index (χ0) is 19.9. The summed E-state index contributed by atoms with van der Waals surface area (Å²) in [7, 11) is 0. The maximum absolute atomic E-state index is 11.1. The van der Waals surface area contributed by atoms with Gasteiger partial charge in [0.05, 0.1) is 12.2 Å². The number of carboxylic acid groups (broad SMARTS) is 1. The average Bonchev–Trinajstić information content (AvgIpc) is 2.71. The molecule has 1 aliphatic rings. The Labute approximate surface area is 166 Å². The highest BCUT2D eigenvalue weighted by Gasteiger charge is 2.20. The first-order chi connectivity index (χ1) is 13.6. The topological polar surface area (TPSA) is 75.6 Å². The fraction of sp³-hybridized carbons (Fsp3) is 0.500. The number of hydrogen-bond donors (Lipinski definition) is 1. The fourth-order valence-electron chi connectivity index (χ4n) is 3.64. The van der Waals surface area contributed by atoms with Crippen molar-refractivity contribution >= 4 is 11.9 Å². The fourth-order valence-corrected chi connectivity index (χ4v) is 3.64. The molecule has 2 heterocycles. The Morgan fingerprint density at radius 2 is 1.96 bits per heavy atom. The summed E-state index contributed by atoms with van der Waals surface area (Å²) in [5.41, 5.74) is 2.23. The number of aromatic carboxylic acids is 1. The highest BCUT2D eigenvalue weighted by atomic mass is 16.5. The normalized spacial score (nSPS) is 14.9. The highest BCUT2D eigenvalue weighted by Crippen LogP contribution is 2.24. The van der Waals surface area contributed by atoms with Crippen molar-refractivity contribution in [3.63, 3.8) is 0 Å². The molecule has 1 fully saturated rings. The molecule has 1 aromatic heterocycles. The minimum Gasteiger partial charge on any atom is -0.494 e. The predicted molar refractivity (Wildman–Crippen MR) is 109 cm³/mol. The number of anilines is 1. The van der Waals surface area contributed by atoms with Crippen LogP contribution in [0.5, 0.6) is 5.75 Å². The average molecular weight is 383 g/mol. The molecule has 1 aromatic carbocycles. The van der Waals surface area contributed by atoms with E-state index >= 15 is 0 Å². The molecule has 6 heteroatoms. The van der Waals surface area contributed by atoms with Gasteiger partial charge in [0.15, 0.2) is 0 Å². The van der Waals surface area contributed by atoms with Crippen LogP contribution in [0.2, 0.25) is 0 Å². The summed E-state index contributed by atoms with van der Waals surface area (Å²) in [5, 5.41) is 9.08. The first-order valence-electron chi connectivity index (χ1n) is 10.1. The van der Waals surface area contributed by atoms with Gasteiger partial charge in [0, 0.05) is 25.5 Å². The van der Waals surface area contributed by atoms with Gasteiger partial charge in [0.1, 0.15) is 5.75 Å². The van der Waals surface area contributed by atoms with Gasteiger partial charge >= 0.3 is 5.97 Å². The number of ether oxygens (including phenoxy) is 1. The second-order valence-corrected chi connectivity index (χ2v) is 7.45. The summed E-state index contributed by atoms with van der Waals surface area (Å²) in [6, 6.07) is 5.14. The molecule has 1 N–H and O–H groups in total. The van der Waals surface area contributed by atoms with Crippen molar-refractivity contribution in [1.29, 1.82) is 0 Å². The molecule has 0 radical (unpaired) electrons. The SMILES string of the molecule is CCc1cnc(N2CCC(CCCOc3ccc(C(=O)O)c(C)c3)CC2)nc1. The molecule has 0 bridgehead atoms. The molecule has 0 aliphatic carbocycles. The summed E-state index contributed by atoms with van der Waals surface area (Å²) in [5.74, 6) is 1.40. The zero-order valence-corrected chi connectivity index (χ0v) is 16.7. The first-order valence-corrected chi connectivity index (χ1v) is 10.1. The van der Waals surface area contributed by atoms with E-state index in [1.54, 1.807) is 25.1 Å². The van der Waals surface area contributed by atoms with Crippen LogP contribution in [-0.4, -0.2) is 40.7 Å². The minimum absolute atomic E-state index is 0.326. The molecule has 150 valence electrons. The second-order valence-electron chi connectivity index (χ2n) is 7.45. The van der Waals surface area contributed by atoms with E-state index in [9.17, 15) is 4.79 Å². The number of nitrogens with zero attached hydrogens (tertiary/aromatic N) is 3. The lowest BCUT2D eigenvalue weighted by atomic mass is 9.92. The lowest BCUT2D eigenvalue weighted by Crippen LogP contribution is -2.35. The van der Waals surface area contributed by atoms with Crippen LogP contribution in [0, 0.1) is 12.8 Å². The van der Waals surface area contributed by atoms with E-state index in [0.29, 0.717) is 18.1 Å². The molecule has 2 aromatic rings. The Bertz CT molecular complexity index is 784. The third-order valence-electron chi connectivity index (χ3n) is 5.45. The molecule has 0 spiro atoms. The Morgan fingerprint density at radius 3 is 2.57 bits per heavy atom. The van der Waals surface area contributed by atoms with Gasteiger partial charge in [-0.25, -0.2) is 14.8 Å². The number of benzene rings is 1. The quantitative estimate of drug-likeness (QED) is 0.691. The van der Waals surface area contributed by atoms with Crippen LogP contribution in [0.4, 0.5) is 5.95 Å². The third kappa shape index (κ3) is 5.21. The lowest BCUT2D eigenvalue weighted by Gasteiger charge is -2.32. The Balaban J connectivity index is 1.37. The van der Waals surface area contributed by atoms with Crippen molar-refractivity contribution in [2.24, 2.45) is 5.92 Å². The molecule has 0 unspecified atom stereocenters. The monoisotopic (exact) mass is 383 g/mol. The Kier molecular flexibility index (Phi) is 6.85. The van der Waals surface area contributed by atoms with Crippen LogP contribution in [0.3, 0.4) is 0 Å². The number of aryl methyl sites for hydroxylation is 2. The van der Waals surface area contributed by atoms with E-state index in [1.165, 1.54) is 5.56 Å². The summed E-state index contributed by atoms with van der Waals surface area (Å²) in [6.07, 6.45) is 9.29. The van der Waals surface area contributed by atoms with Gasteiger partial charge in [-0.05, 0) is 74.3 Å². The molecule has 1 saturated heterocycles. The summed E-state index contributed by atoms with van der Waals surface area (Å²) >= 11 is 0. The molecule has 3 rings (SSSR count). The minimum atomic E-state index is -0.901. The van der Waals surface area contributed by atoms with Gasteiger partial charge < -0.3 is 14.7 Å². The lowest BCUT2D eigenvalue weighted by molar-refractivity contribution is 0.0696. The molecule has 1 aliphatic heterocycles. The molecule has 0 atom stereocenters. The van der Waals surface area contributed by atoms with Gasteiger partial charge in [-0.3, -0.25) is 0 Å². The predicted octanol–water partition coefficient (Wildman–Crippen LogP) is 4.12. The van der Waals surface area contributed by atoms with Gasteiger partial charge in [0.25, 0.3) is 0 Å². The van der Waals surface area contributed by atoms with E-state index in [4.69, 9.17) is 9.84 Å². The molecule has 0 amide bonds. The van der Waals surface area contributed by atoms with Crippen LogP contribution in [0.25, 0.3) is 0 Å². The molecule has 28 heavy (non-hydrogen) atoms. The van der Waals surface area contributed by atoms with Crippen LogP contribution in [-0.2, 0) is 6.42 Å². The van der Waals surface area contributed by atoms with E-state index < -0.39 is 5.97 Å². The van der Waals surface area contributed by atoms with E-state index in [-0.39, 0.29) is 0 Å². The van der Waals surface area contributed by atoms with Crippen molar-refractivity contribution in [2.75, 3.05) is 24.6 Å². The van der Waals surface area contributed by atoms with Crippen LogP contribution in [0.1, 0.15) is 54.1 Å². The molecule has 6 nitrogen and oxygen atoms in total. The largest absolute Gasteiger partial charge is 0.494 e. The van der Waals surface area contributed by atoms with E-state index in [0.717, 1.165) is 62.5 Å². The second kappa shape index (κ2) is 9.53. The van der Waals surface area contributed by atoms with Crippen molar-refractivity contribution in [3.05, 3.63) is 47.3 Å². The Morgan fingerprint density at radius 1 is 1.25 bits per heavy atom. The molecule has 0 saturated carbocycles. The number of aromatic nitrogens is 2. The van der Waals surface area contributed by atoms with Crippen LogP contribution >= 0.6 is 0 Å². The number of rotatable bonds is 8. The van der Waals surface area contributed by atoms with Crippen molar-refractivity contribution < 1.29 is 14.6 Å². The molecular weight excluding hydrogens is 354 g/mol. The van der Waals surface area contributed by atoms with E-state index in [2.05, 4.69) is 21.8 Å². The highest BCUT2D eigenvalue weighted by molar-refractivity contribution is 5.89. The van der Waals surface area contributed by atoms with Crippen LogP contribution in [0.15, 0.2) is 30.6 Å². The zero-order valence-electron chi connectivity index (χ0n) is 16.7. The Hall–Kier alpha value is -2.63.